The van der Waals surface area contributed by atoms with E-state index in [4.69, 9.17) is 0 Å². The highest BCUT2D eigenvalue weighted by Gasteiger charge is 2.32. The van der Waals surface area contributed by atoms with Crippen LogP contribution in [0.2, 0.25) is 0 Å². The highest BCUT2D eigenvalue weighted by molar-refractivity contribution is 5.39. The molecule has 0 radical (unpaired) electrons. The van der Waals surface area contributed by atoms with E-state index < -0.39 is 0 Å². The van der Waals surface area contributed by atoms with Crippen LogP contribution in [0, 0.1) is 5.92 Å². The SMILES string of the molecule is CN1CC[C@@H](CNCc2cccc3nccn23)[C@@H]1c1cccnc1. The van der Waals surface area contributed by atoms with Gasteiger partial charge >= 0.3 is 0 Å². The van der Waals surface area contributed by atoms with Crippen molar-refractivity contribution in [3.63, 3.8) is 0 Å². The van der Waals surface area contributed by atoms with E-state index in [2.05, 4.69) is 49.8 Å². The second-order valence-corrected chi connectivity index (χ2v) is 6.56. The van der Waals surface area contributed by atoms with Gasteiger partial charge in [-0.05, 0) is 49.7 Å². The summed E-state index contributed by atoms with van der Waals surface area (Å²) in [6, 6.07) is 10.9. The van der Waals surface area contributed by atoms with Gasteiger partial charge in [-0.25, -0.2) is 4.98 Å². The van der Waals surface area contributed by atoms with Crippen LogP contribution < -0.4 is 5.32 Å². The van der Waals surface area contributed by atoms with Gasteiger partial charge in [-0.3, -0.25) is 9.88 Å². The molecule has 0 bridgehead atoms. The van der Waals surface area contributed by atoms with Gasteiger partial charge < -0.3 is 9.72 Å². The molecule has 3 aromatic rings. The highest BCUT2D eigenvalue weighted by atomic mass is 15.2. The van der Waals surface area contributed by atoms with Crippen LogP contribution in [0.25, 0.3) is 5.65 Å². The number of rotatable bonds is 5. The lowest BCUT2D eigenvalue weighted by Crippen LogP contribution is -2.28. The van der Waals surface area contributed by atoms with E-state index in [0.717, 1.165) is 25.3 Å². The maximum Gasteiger partial charge on any atom is 0.136 e. The molecule has 4 heterocycles. The van der Waals surface area contributed by atoms with Crippen LogP contribution in [0.1, 0.15) is 23.7 Å². The average molecular weight is 321 g/mol. The second-order valence-electron chi connectivity index (χ2n) is 6.56. The van der Waals surface area contributed by atoms with Gasteiger partial charge in [0.2, 0.25) is 0 Å². The summed E-state index contributed by atoms with van der Waals surface area (Å²) in [7, 11) is 2.21. The summed E-state index contributed by atoms with van der Waals surface area (Å²) in [4.78, 5) is 11.1. The number of hydrogen-bond donors (Lipinski definition) is 1. The molecular formula is C19H23N5. The van der Waals surface area contributed by atoms with E-state index in [1.165, 1.54) is 17.7 Å². The predicted molar refractivity (Wildman–Crippen MR) is 94.6 cm³/mol. The van der Waals surface area contributed by atoms with Crippen molar-refractivity contribution in [2.75, 3.05) is 20.1 Å². The summed E-state index contributed by atoms with van der Waals surface area (Å²) in [5.41, 5.74) is 3.57. The van der Waals surface area contributed by atoms with Gasteiger partial charge in [0.05, 0.1) is 0 Å². The summed E-state index contributed by atoms with van der Waals surface area (Å²) in [6.07, 6.45) is 8.94. The van der Waals surface area contributed by atoms with Crippen LogP contribution in [-0.2, 0) is 6.54 Å². The number of likely N-dealkylation sites (tertiary alicyclic amines) is 1. The van der Waals surface area contributed by atoms with Crippen molar-refractivity contribution in [2.45, 2.75) is 19.0 Å². The zero-order chi connectivity index (χ0) is 16.4. The van der Waals surface area contributed by atoms with E-state index in [-0.39, 0.29) is 0 Å². The maximum absolute atomic E-state index is 4.35. The van der Waals surface area contributed by atoms with Crippen molar-refractivity contribution in [1.82, 2.24) is 24.6 Å². The second kappa shape index (κ2) is 6.71. The van der Waals surface area contributed by atoms with Gasteiger partial charge in [-0.1, -0.05) is 12.1 Å². The molecule has 2 atom stereocenters. The normalized spacial score (nSPS) is 21.5. The standard InChI is InChI=1S/C19H23N5/c1-23-10-7-16(19(23)15-4-3-8-20-12-15)13-21-14-17-5-2-6-18-22-9-11-24(17)18/h2-6,8-9,11-12,16,19,21H,7,10,13-14H2,1H3/t16-,19-/m0/s1. The minimum Gasteiger partial charge on any atom is -0.311 e. The average Bonchev–Trinajstić information content (AvgIpc) is 3.23. The summed E-state index contributed by atoms with van der Waals surface area (Å²) >= 11 is 0. The molecule has 24 heavy (non-hydrogen) atoms. The molecule has 4 rings (SSSR count). The molecule has 0 amide bonds. The quantitative estimate of drug-likeness (QED) is 0.784. The molecule has 0 saturated carbocycles. The van der Waals surface area contributed by atoms with E-state index in [1.807, 2.05) is 36.9 Å². The summed E-state index contributed by atoms with van der Waals surface area (Å²) in [5, 5.41) is 3.65. The van der Waals surface area contributed by atoms with Crippen molar-refractivity contribution < 1.29 is 0 Å². The Bertz CT molecular complexity index is 798. The molecule has 1 aliphatic heterocycles. The van der Waals surface area contributed by atoms with E-state index in [9.17, 15) is 0 Å². The van der Waals surface area contributed by atoms with Gasteiger partial charge in [-0.2, -0.15) is 0 Å². The molecule has 1 saturated heterocycles. The fourth-order valence-electron chi connectivity index (χ4n) is 3.85. The third-order valence-corrected chi connectivity index (χ3v) is 5.03. The Hall–Kier alpha value is -2.24. The number of nitrogens with one attached hydrogen (secondary N) is 1. The Labute approximate surface area is 142 Å². The van der Waals surface area contributed by atoms with E-state index >= 15 is 0 Å². The zero-order valence-corrected chi connectivity index (χ0v) is 14.0. The Kier molecular flexibility index (Phi) is 4.28. The summed E-state index contributed by atoms with van der Waals surface area (Å²) in [6.45, 7) is 3.01. The topological polar surface area (TPSA) is 45.5 Å². The number of nitrogens with zero attached hydrogens (tertiary/aromatic N) is 4. The first kappa shape index (κ1) is 15.3. The van der Waals surface area contributed by atoms with Gasteiger partial charge in [0, 0.05) is 49.6 Å². The first-order valence-corrected chi connectivity index (χ1v) is 8.55. The third kappa shape index (κ3) is 2.92. The Morgan fingerprint density at radius 1 is 1.21 bits per heavy atom. The molecule has 5 heteroatoms. The highest BCUT2D eigenvalue weighted by Crippen LogP contribution is 2.35. The molecule has 1 N–H and O–H groups in total. The fourth-order valence-corrected chi connectivity index (χ4v) is 3.85. The van der Waals surface area contributed by atoms with Gasteiger partial charge in [-0.15, -0.1) is 0 Å². The lowest BCUT2D eigenvalue weighted by Gasteiger charge is -2.25. The van der Waals surface area contributed by atoms with Crippen molar-refractivity contribution in [2.24, 2.45) is 5.92 Å². The van der Waals surface area contributed by atoms with Crippen LogP contribution in [0.15, 0.2) is 55.1 Å². The Morgan fingerprint density at radius 2 is 2.17 bits per heavy atom. The first-order valence-electron chi connectivity index (χ1n) is 8.55. The molecule has 0 spiro atoms. The molecular weight excluding hydrogens is 298 g/mol. The smallest absolute Gasteiger partial charge is 0.136 e. The molecule has 5 nitrogen and oxygen atoms in total. The maximum atomic E-state index is 4.35. The lowest BCUT2D eigenvalue weighted by atomic mass is 9.95. The summed E-state index contributed by atoms with van der Waals surface area (Å²) in [5.74, 6) is 0.612. The number of fused-ring (bicyclic) bond motifs is 1. The van der Waals surface area contributed by atoms with Gasteiger partial charge in [0.15, 0.2) is 0 Å². The zero-order valence-electron chi connectivity index (χ0n) is 14.0. The van der Waals surface area contributed by atoms with Crippen LogP contribution in [0.4, 0.5) is 0 Å². The van der Waals surface area contributed by atoms with Crippen LogP contribution in [0.3, 0.4) is 0 Å². The molecule has 124 valence electrons. The molecule has 0 unspecified atom stereocenters. The predicted octanol–water partition coefficient (Wildman–Crippen LogP) is 2.51. The molecule has 3 aromatic heterocycles. The van der Waals surface area contributed by atoms with Crippen LogP contribution in [0.5, 0.6) is 0 Å². The summed E-state index contributed by atoms with van der Waals surface area (Å²) < 4.78 is 2.15. The first-order chi connectivity index (χ1) is 11.8. The number of aromatic nitrogens is 3. The largest absolute Gasteiger partial charge is 0.311 e. The third-order valence-electron chi connectivity index (χ3n) is 5.03. The van der Waals surface area contributed by atoms with E-state index in [1.54, 1.807) is 0 Å². The van der Waals surface area contributed by atoms with Gasteiger partial charge in [0.25, 0.3) is 0 Å². The van der Waals surface area contributed by atoms with Crippen molar-refractivity contribution in [1.29, 1.82) is 0 Å². The monoisotopic (exact) mass is 321 g/mol. The Balaban J connectivity index is 1.43. The van der Waals surface area contributed by atoms with Crippen LogP contribution in [-0.4, -0.2) is 39.4 Å². The van der Waals surface area contributed by atoms with Crippen molar-refractivity contribution in [3.05, 3.63) is 66.4 Å². The number of imidazole rings is 1. The van der Waals surface area contributed by atoms with Crippen molar-refractivity contribution >= 4 is 5.65 Å². The minimum atomic E-state index is 0.454. The fraction of sp³-hybridized carbons (Fsp3) is 0.368. The van der Waals surface area contributed by atoms with E-state index in [0.29, 0.717) is 12.0 Å². The lowest BCUT2D eigenvalue weighted by molar-refractivity contribution is 0.271. The molecule has 0 aromatic carbocycles. The molecule has 0 aliphatic carbocycles. The van der Waals surface area contributed by atoms with Crippen molar-refractivity contribution in [3.8, 4) is 0 Å². The number of hydrogen-bond acceptors (Lipinski definition) is 4. The minimum absolute atomic E-state index is 0.454. The number of pyridine rings is 2. The van der Waals surface area contributed by atoms with Crippen LogP contribution >= 0.6 is 0 Å². The van der Waals surface area contributed by atoms with Gasteiger partial charge in [0.1, 0.15) is 5.65 Å². The Morgan fingerprint density at radius 3 is 3.04 bits per heavy atom. The molecule has 1 fully saturated rings. The molecule has 1 aliphatic rings.